The van der Waals surface area contributed by atoms with Gasteiger partial charge in [-0.05, 0) is 29.7 Å². The van der Waals surface area contributed by atoms with Gasteiger partial charge in [0.1, 0.15) is 0 Å². The highest BCUT2D eigenvalue weighted by Gasteiger charge is 2.37. The molecular formula is C17H16N2. The van der Waals surface area contributed by atoms with Crippen LogP contribution in [0.25, 0.3) is 0 Å². The van der Waals surface area contributed by atoms with Crippen LogP contribution in [0.15, 0.2) is 54.6 Å². The lowest BCUT2D eigenvalue weighted by molar-refractivity contribution is 0.673. The fourth-order valence-electron chi connectivity index (χ4n) is 2.44. The van der Waals surface area contributed by atoms with E-state index in [2.05, 4.69) is 41.7 Å². The average molecular weight is 248 g/mol. The number of hydrogen-bond donors (Lipinski definition) is 1. The summed E-state index contributed by atoms with van der Waals surface area (Å²) < 4.78 is 0. The molecule has 1 aliphatic rings. The molecule has 1 saturated carbocycles. The van der Waals surface area contributed by atoms with Gasteiger partial charge in [0.25, 0.3) is 0 Å². The molecule has 2 atom stereocenters. The highest BCUT2D eigenvalue weighted by Crippen LogP contribution is 2.40. The second-order valence-corrected chi connectivity index (χ2v) is 5.05. The first-order chi connectivity index (χ1) is 9.36. The minimum Gasteiger partial charge on any atom is -0.309 e. The summed E-state index contributed by atoms with van der Waals surface area (Å²) in [5.74, 6) is 0.666. The highest BCUT2D eigenvalue weighted by atomic mass is 15.0. The van der Waals surface area contributed by atoms with E-state index in [4.69, 9.17) is 5.26 Å². The Kier molecular flexibility index (Phi) is 3.31. The zero-order valence-electron chi connectivity index (χ0n) is 10.7. The number of hydrogen-bond acceptors (Lipinski definition) is 2. The van der Waals surface area contributed by atoms with E-state index in [1.54, 1.807) is 0 Å². The zero-order valence-corrected chi connectivity index (χ0v) is 10.7. The number of nitrogens with one attached hydrogen (secondary N) is 1. The van der Waals surface area contributed by atoms with E-state index in [9.17, 15) is 0 Å². The molecule has 2 aromatic carbocycles. The standard InChI is InChI=1S/C17H16N2/c18-11-13-6-8-14(9-7-13)12-19-17-10-16(17)15-4-2-1-3-5-15/h1-9,16-17,19H,10,12H2. The Balaban J connectivity index is 1.53. The summed E-state index contributed by atoms with van der Waals surface area (Å²) in [6, 6.07) is 21.2. The fourth-order valence-corrected chi connectivity index (χ4v) is 2.44. The molecule has 2 aromatic rings. The minimum atomic E-state index is 0.595. The number of rotatable bonds is 4. The Morgan fingerprint density at radius 1 is 1.05 bits per heavy atom. The van der Waals surface area contributed by atoms with Gasteiger partial charge < -0.3 is 5.32 Å². The molecule has 0 aromatic heterocycles. The van der Waals surface area contributed by atoms with Crippen LogP contribution in [-0.2, 0) is 6.54 Å². The molecule has 1 fully saturated rings. The van der Waals surface area contributed by atoms with E-state index in [0.29, 0.717) is 12.0 Å². The first kappa shape index (κ1) is 12.0. The largest absolute Gasteiger partial charge is 0.309 e. The molecule has 0 radical (unpaired) electrons. The van der Waals surface area contributed by atoms with Crippen LogP contribution in [0.1, 0.15) is 29.0 Å². The molecule has 0 bridgehead atoms. The van der Waals surface area contributed by atoms with Crippen LogP contribution < -0.4 is 5.32 Å². The van der Waals surface area contributed by atoms with Crippen molar-refractivity contribution in [3.05, 3.63) is 71.3 Å². The minimum absolute atomic E-state index is 0.595. The third-order valence-corrected chi connectivity index (χ3v) is 3.67. The maximum Gasteiger partial charge on any atom is 0.0991 e. The van der Waals surface area contributed by atoms with Gasteiger partial charge in [0.15, 0.2) is 0 Å². The van der Waals surface area contributed by atoms with Gasteiger partial charge in [-0.25, -0.2) is 0 Å². The van der Waals surface area contributed by atoms with Gasteiger partial charge >= 0.3 is 0 Å². The normalized spacial score (nSPS) is 20.8. The highest BCUT2D eigenvalue weighted by molar-refractivity contribution is 5.32. The fraction of sp³-hybridized carbons (Fsp3) is 0.235. The van der Waals surface area contributed by atoms with Gasteiger partial charge in [0.05, 0.1) is 11.6 Å². The van der Waals surface area contributed by atoms with Crippen molar-refractivity contribution >= 4 is 0 Å². The summed E-state index contributed by atoms with van der Waals surface area (Å²) in [4.78, 5) is 0. The summed E-state index contributed by atoms with van der Waals surface area (Å²) in [5.41, 5.74) is 3.38. The van der Waals surface area contributed by atoms with Crippen LogP contribution >= 0.6 is 0 Å². The Hall–Kier alpha value is -2.11. The van der Waals surface area contributed by atoms with Crippen molar-refractivity contribution in [1.29, 1.82) is 5.26 Å². The van der Waals surface area contributed by atoms with E-state index in [0.717, 1.165) is 12.1 Å². The maximum atomic E-state index is 8.75. The molecule has 0 saturated heterocycles. The Morgan fingerprint density at radius 3 is 2.47 bits per heavy atom. The van der Waals surface area contributed by atoms with Crippen molar-refractivity contribution in [2.24, 2.45) is 0 Å². The zero-order chi connectivity index (χ0) is 13.1. The number of nitriles is 1. The second-order valence-electron chi connectivity index (χ2n) is 5.05. The molecule has 2 nitrogen and oxygen atoms in total. The predicted molar refractivity (Wildman–Crippen MR) is 75.6 cm³/mol. The summed E-state index contributed by atoms with van der Waals surface area (Å²) in [6.45, 7) is 0.875. The predicted octanol–water partition coefficient (Wildman–Crippen LogP) is 3.20. The molecule has 94 valence electrons. The molecule has 3 rings (SSSR count). The molecular weight excluding hydrogens is 232 g/mol. The van der Waals surface area contributed by atoms with Gasteiger partial charge in [-0.2, -0.15) is 5.26 Å². The smallest absolute Gasteiger partial charge is 0.0991 e. The van der Waals surface area contributed by atoms with Crippen LogP contribution in [0.4, 0.5) is 0 Å². The SMILES string of the molecule is N#Cc1ccc(CNC2CC2c2ccccc2)cc1. The monoisotopic (exact) mass is 248 g/mol. The van der Waals surface area contributed by atoms with Gasteiger partial charge in [-0.1, -0.05) is 42.5 Å². The summed E-state index contributed by atoms with van der Waals surface area (Å²) in [7, 11) is 0. The maximum absolute atomic E-state index is 8.75. The molecule has 0 spiro atoms. The topological polar surface area (TPSA) is 35.8 Å². The second kappa shape index (κ2) is 5.26. The molecule has 0 heterocycles. The summed E-state index contributed by atoms with van der Waals surface area (Å²) in [6.07, 6.45) is 1.22. The molecule has 1 aliphatic carbocycles. The molecule has 0 amide bonds. The average Bonchev–Trinajstić information content (AvgIpc) is 3.26. The first-order valence-electron chi connectivity index (χ1n) is 6.64. The lowest BCUT2D eigenvalue weighted by Gasteiger charge is -2.05. The molecule has 19 heavy (non-hydrogen) atoms. The summed E-state index contributed by atoms with van der Waals surface area (Å²) in [5, 5.41) is 12.3. The third-order valence-electron chi connectivity index (χ3n) is 3.67. The van der Waals surface area contributed by atoms with Crippen LogP contribution in [0.3, 0.4) is 0 Å². The lowest BCUT2D eigenvalue weighted by atomic mass is 10.1. The number of nitrogens with zero attached hydrogens (tertiary/aromatic N) is 1. The first-order valence-corrected chi connectivity index (χ1v) is 6.64. The number of benzene rings is 2. The van der Waals surface area contributed by atoms with Gasteiger partial charge in [0.2, 0.25) is 0 Å². The van der Waals surface area contributed by atoms with Gasteiger partial charge in [0, 0.05) is 18.5 Å². The lowest BCUT2D eigenvalue weighted by Crippen LogP contribution is -2.17. The van der Waals surface area contributed by atoms with Crippen molar-refractivity contribution in [2.45, 2.75) is 24.9 Å². The van der Waals surface area contributed by atoms with Gasteiger partial charge in [-0.15, -0.1) is 0 Å². The van der Waals surface area contributed by atoms with Crippen LogP contribution in [0.2, 0.25) is 0 Å². The van der Waals surface area contributed by atoms with E-state index in [-0.39, 0.29) is 0 Å². The Labute approximate surface area is 113 Å². The van der Waals surface area contributed by atoms with Crippen molar-refractivity contribution in [3.63, 3.8) is 0 Å². The van der Waals surface area contributed by atoms with E-state index >= 15 is 0 Å². The van der Waals surface area contributed by atoms with Crippen molar-refractivity contribution in [3.8, 4) is 6.07 Å². The Bertz CT molecular complexity index is 581. The third kappa shape index (κ3) is 2.83. The van der Waals surface area contributed by atoms with Crippen molar-refractivity contribution < 1.29 is 0 Å². The quantitative estimate of drug-likeness (QED) is 0.902. The van der Waals surface area contributed by atoms with Crippen LogP contribution in [0.5, 0.6) is 0 Å². The molecule has 1 N–H and O–H groups in total. The van der Waals surface area contributed by atoms with Crippen LogP contribution in [0, 0.1) is 11.3 Å². The van der Waals surface area contributed by atoms with E-state index in [1.807, 2.05) is 24.3 Å². The van der Waals surface area contributed by atoms with Gasteiger partial charge in [-0.3, -0.25) is 0 Å². The molecule has 0 aliphatic heterocycles. The van der Waals surface area contributed by atoms with Crippen molar-refractivity contribution in [1.82, 2.24) is 5.32 Å². The van der Waals surface area contributed by atoms with E-state index in [1.165, 1.54) is 17.5 Å². The molecule has 2 heteroatoms. The van der Waals surface area contributed by atoms with Crippen LogP contribution in [-0.4, -0.2) is 6.04 Å². The summed E-state index contributed by atoms with van der Waals surface area (Å²) >= 11 is 0. The van der Waals surface area contributed by atoms with E-state index < -0.39 is 0 Å². The Morgan fingerprint density at radius 2 is 1.79 bits per heavy atom. The molecule has 2 unspecified atom stereocenters. The van der Waals surface area contributed by atoms with Crippen molar-refractivity contribution in [2.75, 3.05) is 0 Å².